The van der Waals surface area contributed by atoms with Crippen LogP contribution in [0.1, 0.15) is 12.3 Å². The predicted molar refractivity (Wildman–Crippen MR) is 98.1 cm³/mol. The molecule has 4 aromatic rings. The molecule has 0 fully saturated rings. The van der Waals surface area contributed by atoms with E-state index in [1.807, 2.05) is 54.0 Å². The number of benzene rings is 1. The third kappa shape index (κ3) is 3.70. The van der Waals surface area contributed by atoms with Crippen molar-refractivity contribution < 1.29 is 9.32 Å². The normalized spacial score (nSPS) is 10.8. The van der Waals surface area contributed by atoms with Crippen molar-refractivity contribution in [3.63, 3.8) is 0 Å². The predicted octanol–water partition coefficient (Wildman–Crippen LogP) is 3.56. The van der Waals surface area contributed by atoms with Gasteiger partial charge >= 0.3 is 0 Å². The largest absolute Gasteiger partial charge is 0.339 e. The number of nitrogens with zero attached hydrogens (tertiary/aromatic N) is 4. The molecule has 0 saturated heterocycles. The fourth-order valence-electron chi connectivity index (χ4n) is 2.43. The Balaban J connectivity index is 1.31. The van der Waals surface area contributed by atoms with Gasteiger partial charge in [-0.2, -0.15) is 10.1 Å². The van der Waals surface area contributed by atoms with Crippen LogP contribution in [-0.4, -0.2) is 25.8 Å². The fraction of sp³-hybridized carbons (Fsp3) is 0.111. The summed E-state index contributed by atoms with van der Waals surface area (Å²) >= 11 is 1.55. The maximum Gasteiger partial charge on any atom is 0.227 e. The smallest absolute Gasteiger partial charge is 0.227 e. The molecule has 1 aromatic carbocycles. The van der Waals surface area contributed by atoms with Crippen molar-refractivity contribution in [3.05, 3.63) is 66.1 Å². The summed E-state index contributed by atoms with van der Waals surface area (Å²) in [5.41, 5.74) is 1.66. The fourth-order valence-corrected chi connectivity index (χ4v) is 3.07. The molecule has 130 valence electrons. The Hall–Kier alpha value is -3.26. The highest BCUT2D eigenvalue weighted by Crippen LogP contribution is 2.21. The van der Waals surface area contributed by atoms with Crippen LogP contribution in [0.25, 0.3) is 16.4 Å². The van der Waals surface area contributed by atoms with E-state index in [1.54, 1.807) is 22.2 Å². The molecule has 1 N–H and O–H groups in total. The molecule has 8 heteroatoms. The Morgan fingerprint density at radius 1 is 1.19 bits per heavy atom. The number of hydrogen-bond acceptors (Lipinski definition) is 6. The molecule has 0 radical (unpaired) electrons. The number of carbonyl (C=O) groups excluding carboxylic acids is 1. The number of nitrogens with one attached hydrogen (secondary N) is 1. The zero-order valence-electron chi connectivity index (χ0n) is 13.7. The molecule has 26 heavy (non-hydrogen) atoms. The lowest BCUT2D eigenvalue weighted by atomic mass is 10.2. The first-order chi connectivity index (χ1) is 12.8. The Morgan fingerprint density at radius 2 is 2.08 bits per heavy atom. The minimum absolute atomic E-state index is 0.104. The van der Waals surface area contributed by atoms with Crippen LogP contribution >= 0.6 is 11.3 Å². The average Bonchev–Trinajstić information content (AvgIpc) is 3.42. The van der Waals surface area contributed by atoms with Crippen molar-refractivity contribution in [1.82, 2.24) is 19.9 Å². The molecule has 0 unspecified atom stereocenters. The van der Waals surface area contributed by atoms with Gasteiger partial charge in [0, 0.05) is 30.9 Å². The van der Waals surface area contributed by atoms with Crippen molar-refractivity contribution in [2.75, 3.05) is 5.32 Å². The van der Waals surface area contributed by atoms with Gasteiger partial charge in [0.25, 0.3) is 0 Å². The molecular formula is C18H15N5O2S. The molecule has 0 aliphatic carbocycles. The van der Waals surface area contributed by atoms with E-state index >= 15 is 0 Å². The lowest BCUT2D eigenvalue weighted by Crippen LogP contribution is -2.12. The van der Waals surface area contributed by atoms with Gasteiger partial charge in [0.2, 0.25) is 17.6 Å². The zero-order chi connectivity index (χ0) is 17.8. The topological polar surface area (TPSA) is 85.8 Å². The molecule has 1 amide bonds. The summed E-state index contributed by atoms with van der Waals surface area (Å²) in [6, 6.07) is 13.2. The number of carbonyl (C=O) groups is 1. The molecule has 0 aliphatic rings. The van der Waals surface area contributed by atoms with E-state index < -0.39 is 0 Å². The summed E-state index contributed by atoms with van der Waals surface area (Å²) in [4.78, 5) is 17.4. The molecule has 0 atom stereocenters. The van der Waals surface area contributed by atoms with E-state index in [9.17, 15) is 4.79 Å². The Kier molecular flexibility index (Phi) is 4.57. The third-order valence-electron chi connectivity index (χ3n) is 3.70. The van der Waals surface area contributed by atoms with Crippen LogP contribution in [-0.2, 0) is 11.2 Å². The van der Waals surface area contributed by atoms with Crippen LogP contribution in [0.2, 0.25) is 0 Å². The van der Waals surface area contributed by atoms with E-state index in [4.69, 9.17) is 4.52 Å². The Bertz CT molecular complexity index is 975. The minimum atomic E-state index is -0.104. The summed E-state index contributed by atoms with van der Waals surface area (Å²) in [5.74, 6) is 0.912. The van der Waals surface area contributed by atoms with E-state index in [-0.39, 0.29) is 12.3 Å². The SMILES string of the molecule is O=C(CCc1nc(-c2cccs2)no1)Nc1ccc(-n2cccn2)cc1. The van der Waals surface area contributed by atoms with Crippen LogP contribution < -0.4 is 5.32 Å². The monoisotopic (exact) mass is 365 g/mol. The van der Waals surface area contributed by atoms with E-state index in [0.717, 1.165) is 16.3 Å². The summed E-state index contributed by atoms with van der Waals surface area (Å²) in [6.07, 6.45) is 4.25. The number of anilines is 1. The van der Waals surface area contributed by atoms with Crippen LogP contribution in [0.5, 0.6) is 0 Å². The maximum absolute atomic E-state index is 12.1. The van der Waals surface area contributed by atoms with Gasteiger partial charge in [-0.3, -0.25) is 4.79 Å². The van der Waals surface area contributed by atoms with Crippen LogP contribution in [0.15, 0.2) is 64.8 Å². The molecule has 0 bridgehead atoms. The first-order valence-electron chi connectivity index (χ1n) is 8.04. The molecular weight excluding hydrogens is 350 g/mol. The van der Waals surface area contributed by atoms with Crippen LogP contribution in [0.4, 0.5) is 5.69 Å². The molecule has 7 nitrogen and oxygen atoms in total. The second-order valence-electron chi connectivity index (χ2n) is 5.53. The number of rotatable bonds is 6. The molecule has 0 saturated carbocycles. The van der Waals surface area contributed by atoms with Crippen molar-refractivity contribution in [1.29, 1.82) is 0 Å². The van der Waals surface area contributed by atoms with Gasteiger partial charge < -0.3 is 9.84 Å². The first-order valence-corrected chi connectivity index (χ1v) is 8.92. The van der Waals surface area contributed by atoms with Crippen molar-refractivity contribution in [2.45, 2.75) is 12.8 Å². The third-order valence-corrected chi connectivity index (χ3v) is 4.56. The lowest BCUT2D eigenvalue weighted by molar-refractivity contribution is -0.116. The number of aryl methyl sites for hydroxylation is 1. The summed E-state index contributed by atoms with van der Waals surface area (Å²) in [7, 11) is 0. The Morgan fingerprint density at radius 3 is 2.81 bits per heavy atom. The quantitative estimate of drug-likeness (QED) is 0.565. The summed E-state index contributed by atoms with van der Waals surface area (Å²) < 4.78 is 6.96. The summed E-state index contributed by atoms with van der Waals surface area (Å²) in [6.45, 7) is 0. The molecule has 0 aliphatic heterocycles. The highest BCUT2D eigenvalue weighted by atomic mass is 32.1. The number of aromatic nitrogens is 4. The van der Waals surface area contributed by atoms with Gasteiger partial charge in [0.1, 0.15) is 0 Å². The lowest BCUT2D eigenvalue weighted by Gasteiger charge is -2.06. The van der Waals surface area contributed by atoms with Crippen molar-refractivity contribution >= 4 is 22.9 Å². The second-order valence-corrected chi connectivity index (χ2v) is 6.48. The average molecular weight is 365 g/mol. The highest BCUT2D eigenvalue weighted by Gasteiger charge is 2.11. The molecule has 3 heterocycles. The summed E-state index contributed by atoms with van der Waals surface area (Å²) in [5, 5.41) is 12.9. The van der Waals surface area contributed by atoms with Crippen LogP contribution in [0, 0.1) is 0 Å². The van der Waals surface area contributed by atoms with E-state index in [1.165, 1.54) is 0 Å². The second kappa shape index (κ2) is 7.32. The van der Waals surface area contributed by atoms with Gasteiger partial charge in [0.15, 0.2) is 0 Å². The van der Waals surface area contributed by atoms with E-state index in [2.05, 4.69) is 20.6 Å². The van der Waals surface area contributed by atoms with Gasteiger partial charge in [-0.25, -0.2) is 4.68 Å². The van der Waals surface area contributed by atoms with Gasteiger partial charge in [-0.05, 0) is 41.8 Å². The maximum atomic E-state index is 12.1. The Labute approximate surface area is 153 Å². The minimum Gasteiger partial charge on any atom is -0.339 e. The van der Waals surface area contributed by atoms with Gasteiger partial charge in [0.05, 0.1) is 10.6 Å². The number of amides is 1. The number of thiophene rings is 1. The molecule has 3 aromatic heterocycles. The first kappa shape index (κ1) is 16.2. The van der Waals surface area contributed by atoms with E-state index in [0.29, 0.717) is 18.1 Å². The molecule has 4 rings (SSSR count). The highest BCUT2D eigenvalue weighted by molar-refractivity contribution is 7.13. The van der Waals surface area contributed by atoms with Crippen LogP contribution in [0.3, 0.4) is 0 Å². The van der Waals surface area contributed by atoms with Crippen molar-refractivity contribution in [2.24, 2.45) is 0 Å². The standard InChI is InChI=1S/C18H15N5O2S/c24-16(8-9-17-21-18(22-25-17)15-3-1-12-26-15)20-13-4-6-14(7-5-13)23-11-2-10-19-23/h1-7,10-12H,8-9H2,(H,20,24). The number of hydrogen-bond donors (Lipinski definition) is 1. The molecule has 0 spiro atoms. The zero-order valence-corrected chi connectivity index (χ0v) is 14.5. The van der Waals surface area contributed by atoms with Crippen molar-refractivity contribution in [3.8, 4) is 16.4 Å². The van der Waals surface area contributed by atoms with Gasteiger partial charge in [-0.1, -0.05) is 11.2 Å². The van der Waals surface area contributed by atoms with Gasteiger partial charge in [-0.15, -0.1) is 11.3 Å².